The van der Waals surface area contributed by atoms with Gasteiger partial charge in [-0.15, -0.1) is 6.58 Å². The molecule has 0 bridgehead atoms. The number of carbonyl (C=O) groups is 2. The summed E-state index contributed by atoms with van der Waals surface area (Å²) in [6.45, 7) is 7.30. The molecule has 0 aromatic heterocycles. The standard InChI is InChI=1S/C24H25N3O4/c1-4-8-21-22(25-17(3)27(23(21)28)26-16(2)24(29)30)19-11-13-20(14-12-19)31-15-18-9-6-5-7-10-18/h4-7,9-14,17,25H,1,8,15H2,2-3H3,(H,29,30)/b26-16+. The summed E-state index contributed by atoms with van der Waals surface area (Å²) in [7, 11) is 0. The first kappa shape index (κ1) is 21.8. The number of hydrogen-bond acceptors (Lipinski definition) is 5. The molecule has 1 amide bonds. The minimum absolute atomic E-state index is 0.164. The lowest BCUT2D eigenvalue weighted by atomic mass is 10.00. The summed E-state index contributed by atoms with van der Waals surface area (Å²) in [5.41, 5.74) is 2.87. The molecule has 1 unspecified atom stereocenters. The number of hydrogen-bond donors (Lipinski definition) is 2. The number of carboxylic acids is 1. The molecular formula is C24H25N3O4. The average molecular weight is 419 g/mol. The Hall–Kier alpha value is -3.87. The van der Waals surface area contributed by atoms with Crippen molar-refractivity contribution in [2.75, 3.05) is 0 Å². The van der Waals surface area contributed by atoms with Gasteiger partial charge in [0, 0.05) is 5.57 Å². The van der Waals surface area contributed by atoms with Gasteiger partial charge in [0.2, 0.25) is 0 Å². The number of hydrazone groups is 1. The van der Waals surface area contributed by atoms with Gasteiger partial charge in [-0.25, -0.2) is 9.80 Å². The second kappa shape index (κ2) is 9.75. The molecule has 1 aliphatic heterocycles. The Kier molecular flexibility index (Phi) is 6.87. The molecule has 2 N–H and O–H groups in total. The van der Waals surface area contributed by atoms with Gasteiger partial charge in [0.1, 0.15) is 24.2 Å². The molecule has 0 saturated heterocycles. The van der Waals surface area contributed by atoms with Gasteiger partial charge in [0.25, 0.3) is 5.91 Å². The Morgan fingerprint density at radius 3 is 2.52 bits per heavy atom. The van der Waals surface area contributed by atoms with Crippen LogP contribution >= 0.6 is 0 Å². The van der Waals surface area contributed by atoms with Crippen LogP contribution in [0.3, 0.4) is 0 Å². The summed E-state index contributed by atoms with van der Waals surface area (Å²) in [5, 5.41) is 17.5. The molecule has 0 aliphatic carbocycles. The van der Waals surface area contributed by atoms with E-state index >= 15 is 0 Å². The van der Waals surface area contributed by atoms with E-state index in [-0.39, 0.29) is 11.6 Å². The summed E-state index contributed by atoms with van der Waals surface area (Å²) in [6.07, 6.45) is 1.44. The third kappa shape index (κ3) is 5.19. The third-order valence-corrected chi connectivity index (χ3v) is 4.80. The molecule has 7 nitrogen and oxygen atoms in total. The lowest BCUT2D eigenvalue weighted by molar-refractivity contribution is -0.130. The van der Waals surface area contributed by atoms with Crippen molar-refractivity contribution in [1.29, 1.82) is 0 Å². The monoisotopic (exact) mass is 419 g/mol. The smallest absolute Gasteiger partial charge is 0.351 e. The first-order chi connectivity index (χ1) is 14.9. The summed E-state index contributed by atoms with van der Waals surface area (Å²) < 4.78 is 5.83. The maximum atomic E-state index is 13.0. The minimum Gasteiger partial charge on any atom is -0.489 e. The maximum absolute atomic E-state index is 13.0. The van der Waals surface area contributed by atoms with Crippen molar-refractivity contribution >= 4 is 23.3 Å². The van der Waals surface area contributed by atoms with Crippen LogP contribution in [-0.4, -0.2) is 33.9 Å². The highest BCUT2D eigenvalue weighted by molar-refractivity contribution is 6.34. The number of rotatable bonds is 8. The van der Waals surface area contributed by atoms with Gasteiger partial charge in [-0.3, -0.25) is 4.79 Å². The van der Waals surface area contributed by atoms with Gasteiger partial charge in [-0.1, -0.05) is 36.4 Å². The summed E-state index contributed by atoms with van der Waals surface area (Å²) in [6, 6.07) is 17.4. The largest absolute Gasteiger partial charge is 0.489 e. The quantitative estimate of drug-likeness (QED) is 0.502. The van der Waals surface area contributed by atoms with Gasteiger partial charge < -0.3 is 15.2 Å². The van der Waals surface area contributed by atoms with Crippen molar-refractivity contribution in [2.24, 2.45) is 5.10 Å². The van der Waals surface area contributed by atoms with Crippen molar-refractivity contribution in [2.45, 2.75) is 33.0 Å². The van der Waals surface area contributed by atoms with E-state index in [9.17, 15) is 9.59 Å². The van der Waals surface area contributed by atoms with Gasteiger partial charge in [-0.2, -0.15) is 5.10 Å². The van der Waals surface area contributed by atoms with E-state index in [1.807, 2.05) is 54.6 Å². The van der Waals surface area contributed by atoms with Crippen LogP contribution in [0.4, 0.5) is 0 Å². The molecule has 0 spiro atoms. The van der Waals surface area contributed by atoms with Gasteiger partial charge in [0.05, 0.1) is 5.70 Å². The predicted molar refractivity (Wildman–Crippen MR) is 119 cm³/mol. The van der Waals surface area contributed by atoms with Crippen molar-refractivity contribution < 1.29 is 19.4 Å². The van der Waals surface area contributed by atoms with Gasteiger partial charge in [0.15, 0.2) is 0 Å². The predicted octanol–water partition coefficient (Wildman–Crippen LogP) is 3.79. The molecule has 1 atom stereocenters. The van der Waals surface area contributed by atoms with Crippen LogP contribution in [0.1, 0.15) is 31.4 Å². The van der Waals surface area contributed by atoms with Crippen molar-refractivity contribution in [3.63, 3.8) is 0 Å². The molecule has 0 fully saturated rings. The number of benzene rings is 2. The number of carbonyl (C=O) groups excluding carboxylic acids is 1. The van der Waals surface area contributed by atoms with Crippen molar-refractivity contribution in [1.82, 2.24) is 10.3 Å². The van der Waals surface area contributed by atoms with E-state index in [1.54, 1.807) is 13.0 Å². The molecule has 0 saturated carbocycles. The van der Waals surface area contributed by atoms with E-state index < -0.39 is 12.1 Å². The summed E-state index contributed by atoms with van der Waals surface area (Å²) in [5.74, 6) is -0.811. The number of aliphatic carboxylic acids is 1. The molecule has 160 valence electrons. The summed E-state index contributed by atoms with van der Waals surface area (Å²) in [4.78, 5) is 24.2. The SMILES string of the molecule is C=CCC1=C(c2ccc(OCc3ccccc3)cc2)NC(C)N(/N=C(\C)C(=O)O)C1=O. The molecule has 31 heavy (non-hydrogen) atoms. The molecule has 2 aromatic carbocycles. The zero-order chi connectivity index (χ0) is 22.4. The second-order valence-electron chi connectivity index (χ2n) is 7.11. The Morgan fingerprint density at radius 1 is 1.23 bits per heavy atom. The summed E-state index contributed by atoms with van der Waals surface area (Å²) >= 11 is 0. The fraction of sp³-hybridized carbons (Fsp3) is 0.208. The third-order valence-electron chi connectivity index (χ3n) is 4.80. The maximum Gasteiger partial charge on any atom is 0.351 e. The number of carboxylic acid groups (broad SMARTS) is 1. The van der Waals surface area contributed by atoms with Gasteiger partial charge in [-0.05, 0) is 55.7 Å². The molecule has 1 heterocycles. The van der Waals surface area contributed by atoms with Crippen molar-refractivity contribution in [3.8, 4) is 5.75 Å². The fourth-order valence-electron chi connectivity index (χ4n) is 3.16. The van der Waals surface area contributed by atoms with Crippen molar-refractivity contribution in [3.05, 3.63) is 84.0 Å². The fourth-order valence-corrected chi connectivity index (χ4v) is 3.16. The van der Waals surface area contributed by atoms with E-state index in [2.05, 4.69) is 17.0 Å². The van der Waals surface area contributed by atoms with Crippen LogP contribution in [0.15, 0.2) is 77.9 Å². The molecule has 1 aliphatic rings. The normalized spacial score (nSPS) is 16.7. The van der Waals surface area contributed by atoms with Crippen LogP contribution in [0.25, 0.3) is 5.70 Å². The van der Waals surface area contributed by atoms with Gasteiger partial charge >= 0.3 is 5.97 Å². The zero-order valence-corrected chi connectivity index (χ0v) is 17.5. The number of ether oxygens (including phenoxy) is 1. The molecule has 0 radical (unpaired) electrons. The minimum atomic E-state index is -1.17. The second-order valence-corrected chi connectivity index (χ2v) is 7.11. The van der Waals surface area contributed by atoms with E-state index in [4.69, 9.17) is 9.84 Å². The van der Waals surface area contributed by atoms with E-state index in [1.165, 1.54) is 6.92 Å². The first-order valence-corrected chi connectivity index (χ1v) is 9.90. The van der Waals surface area contributed by atoms with Crippen LogP contribution < -0.4 is 10.1 Å². The van der Waals surface area contributed by atoms with E-state index in [0.717, 1.165) is 21.9 Å². The zero-order valence-electron chi connectivity index (χ0n) is 17.5. The van der Waals surface area contributed by atoms with E-state index in [0.29, 0.717) is 24.3 Å². The Labute approximate surface area is 181 Å². The Bertz CT molecular complexity index is 1030. The topological polar surface area (TPSA) is 91.2 Å². The van der Waals surface area contributed by atoms with Crippen LogP contribution in [-0.2, 0) is 16.2 Å². The highest BCUT2D eigenvalue weighted by Crippen LogP contribution is 2.28. The number of nitrogens with zero attached hydrogens (tertiary/aromatic N) is 2. The molecular weight excluding hydrogens is 394 g/mol. The lowest BCUT2D eigenvalue weighted by Crippen LogP contribution is -2.49. The number of amides is 1. The lowest BCUT2D eigenvalue weighted by Gasteiger charge is -2.34. The molecule has 7 heteroatoms. The average Bonchev–Trinajstić information content (AvgIpc) is 2.78. The van der Waals surface area contributed by atoms with Crippen LogP contribution in [0.2, 0.25) is 0 Å². The Morgan fingerprint density at radius 2 is 1.90 bits per heavy atom. The molecule has 3 rings (SSSR count). The number of allylic oxidation sites excluding steroid dienone is 1. The Balaban J connectivity index is 1.84. The highest BCUT2D eigenvalue weighted by Gasteiger charge is 2.32. The van der Waals surface area contributed by atoms with Crippen LogP contribution in [0.5, 0.6) is 5.75 Å². The van der Waals surface area contributed by atoms with Crippen LogP contribution in [0, 0.1) is 0 Å². The molecule has 2 aromatic rings. The highest BCUT2D eigenvalue weighted by atomic mass is 16.5. The first-order valence-electron chi connectivity index (χ1n) is 9.90. The number of nitrogens with one attached hydrogen (secondary N) is 1.